The normalized spacial score (nSPS) is 10.9. The molecular weight excluding hydrogens is 370 g/mol. The molecule has 3 rings (SSSR count). The van der Waals surface area contributed by atoms with Gasteiger partial charge < -0.3 is 0 Å². The Hall–Kier alpha value is -3.50. The van der Waals surface area contributed by atoms with Crippen molar-refractivity contribution in [1.82, 2.24) is 19.8 Å². The summed E-state index contributed by atoms with van der Waals surface area (Å²) in [6.45, 7) is 1.19. The van der Waals surface area contributed by atoms with Crippen molar-refractivity contribution in [3.05, 3.63) is 70.2 Å². The second-order valence-electron chi connectivity index (χ2n) is 5.25. The minimum absolute atomic E-state index is 0.154. The van der Waals surface area contributed by atoms with E-state index in [2.05, 4.69) is 10.4 Å². The van der Waals surface area contributed by atoms with E-state index in [0.717, 1.165) is 36.4 Å². The molecule has 27 heavy (non-hydrogen) atoms. The summed E-state index contributed by atoms with van der Waals surface area (Å²) in [5.41, 5.74) is -2.83. The van der Waals surface area contributed by atoms with Gasteiger partial charge in [0.1, 0.15) is 23.0 Å². The number of carbonyl (C=O) groups is 1. The standard InChI is InChI=1S/C16H11F4N5O2/c1-2-23(13-9(17)5-3-6-10(13)18)15(26)25-16(27)24(21-22-25)14-11(19)7-4-8-12(14)20/h3-8H,2H2,1H3. The number of carbonyl (C=O) groups excluding carboxylic acids is 1. The number of nitrogens with zero attached hydrogens (tertiary/aromatic N) is 5. The van der Waals surface area contributed by atoms with Crippen LogP contribution in [0, 0.1) is 23.3 Å². The molecule has 0 aliphatic rings. The van der Waals surface area contributed by atoms with Crippen LogP contribution in [0.25, 0.3) is 5.69 Å². The first-order chi connectivity index (χ1) is 12.9. The lowest BCUT2D eigenvalue weighted by Crippen LogP contribution is -2.42. The summed E-state index contributed by atoms with van der Waals surface area (Å²) < 4.78 is 56.1. The molecule has 1 aromatic heterocycles. The lowest BCUT2D eigenvalue weighted by atomic mass is 10.2. The number of tetrazole rings is 1. The Morgan fingerprint density at radius 3 is 2.00 bits per heavy atom. The van der Waals surface area contributed by atoms with Crippen LogP contribution in [0.4, 0.5) is 28.0 Å². The Labute approximate surface area is 149 Å². The zero-order valence-corrected chi connectivity index (χ0v) is 13.7. The highest BCUT2D eigenvalue weighted by Gasteiger charge is 2.27. The van der Waals surface area contributed by atoms with Crippen molar-refractivity contribution in [2.24, 2.45) is 0 Å². The predicted octanol–water partition coefficient (Wildman–Crippen LogP) is 2.48. The molecule has 140 valence electrons. The Kier molecular flexibility index (Phi) is 4.75. The minimum atomic E-state index is -1.31. The van der Waals surface area contributed by atoms with Gasteiger partial charge in [0.15, 0.2) is 11.6 Å². The summed E-state index contributed by atoms with van der Waals surface area (Å²) in [4.78, 5) is 25.6. The number of amides is 1. The van der Waals surface area contributed by atoms with Gasteiger partial charge in [-0.3, -0.25) is 4.90 Å². The summed E-state index contributed by atoms with van der Waals surface area (Å²) in [6.07, 6.45) is 0. The smallest absolute Gasteiger partial charge is 0.287 e. The SMILES string of the molecule is CCN(C(=O)n1nnn(-c2c(F)cccc2F)c1=O)c1c(F)cccc1F. The average molecular weight is 381 g/mol. The van der Waals surface area contributed by atoms with Crippen LogP contribution in [0.1, 0.15) is 6.92 Å². The molecule has 0 saturated heterocycles. The third kappa shape index (κ3) is 3.07. The first-order valence-corrected chi connectivity index (χ1v) is 7.62. The number of anilines is 1. The maximum atomic E-state index is 14.0. The van der Waals surface area contributed by atoms with Crippen molar-refractivity contribution in [2.45, 2.75) is 6.92 Å². The molecule has 1 heterocycles. The van der Waals surface area contributed by atoms with Crippen LogP contribution < -0.4 is 10.6 Å². The Bertz CT molecular complexity index is 1040. The van der Waals surface area contributed by atoms with E-state index in [1.54, 1.807) is 0 Å². The van der Waals surface area contributed by atoms with Crippen LogP contribution in [-0.4, -0.2) is 32.4 Å². The quantitative estimate of drug-likeness (QED) is 0.516. The zero-order chi connectivity index (χ0) is 19.7. The molecule has 0 aliphatic carbocycles. The van der Waals surface area contributed by atoms with E-state index in [-0.39, 0.29) is 15.9 Å². The first kappa shape index (κ1) is 18.3. The summed E-state index contributed by atoms with van der Waals surface area (Å²) >= 11 is 0. The van der Waals surface area contributed by atoms with Gasteiger partial charge in [-0.2, -0.15) is 4.68 Å². The van der Waals surface area contributed by atoms with Crippen molar-refractivity contribution in [2.75, 3.05) is 11.4 Å². The van der Waals surface area contributed by atoms with E-state index in [1.165, 1.54) is 6.92 Å². The summed E-state index contributed by atoms with van der Waals surface area (Å²) in [5, 5.41) is 6.56. The van der Waals surface area contributed by atoms with Gasteiger partial charge in [-0.15, -0.1) is 4.68 Å². The summed E-state index contributed by atoms with van der Waals surface area (Å²) in [7, 11) is 0. The van der Waals surface area contributed by atoms with E-state index in [1.807, 2.05) is 0 Å². The largest absolute Gasteiger partial charge is 0.377 e. The van der Waals surface area contributed by atoms with Crippen LogP contribution in [0.2, 0.25) is 0 Å². The van der Waals surface area contributed by atoms with Crippen LogP contribution in [-0.2, 0) is 0 Å². The van der Waals surface area contributed by atoms with E-state index in [0.29, 0.717) is 4.90 Å². The van der Waals surface area contributed by atoms with Gasteiger partial charge >= 0.3 is 11.7 Å². The molecule has 0 N–H and O–H groups in total. The summed E-state index contributed by atoms with van der Waals surface area (Å²) in [6, 6.07) is 4.59. The molecule has 0 unspecified atom stereocenters. The van der Waals surface area contributed by atoms with Crippen LogP contribution in [0.15, 0.2) is 41.2 Å². The number of benzene rings is 2. The van der Waals surface area contributed by atoms with Crippen LogP contribution in [0.3, 0.4) is 0 Å². The molecule has 0 atom stereocenters. The number of aromatic nitrogens is 4. The molecule has 0 radical (unpaired) electrons. The molecule has 2 aromatic carbocycles. The fraction of sp³-hybridized carbons (Fsp3) is 0.125. The Balaban J connectivity index is 2.09. The van der Waals surface area contributed by atoms with Crippen LogP contribution >= 0.6 is 0 Å². The van der Waals surface area contributed by atoms with E-state index in [9.17, 15) is 27.2 Å². The topological polar surface area (TPSA) is 73.0 Å². The van der Waals surface area contributed by atoms with Gasteiger partial charge in [-0.1, -0.05) is 12.1 Å². The van der Waals surface area contributed by atoms with Crippen molar-refractivity contribution in [1.29, 1.82) is 0 Å². The van der Waals surface area contributed by atoms with E-state index >= 15 is 0 Å². The van der Waals surface area contributed by atoms with Gasteiger partial charge in [0.05, 0.1) is 0 Å². The Morgan fingerprint density at radius 1 is 0.963 bits per heavy atom. The van der Waals surface area contributed by atoms with Crippen LogP contribution in [0.5, 0.6) is 0 Å². The number of rotatable bonds is 3. The predicted molar refractivity (Wildman–Crippen MR) is 85.7 cm³/mol. The molecule has 7 nitrogen and oxygen atoms in total. The fourth-order valence-corrected chi connectivity index (χ4v) is 2.45. The highest BCUT2D eigenvalue weighted by molar-refractivity contribution is 5.93. The number of halogens is 4. The van der Waals surface area contributed by atoms with Gasteiger partial charge in [-0.25, -0.2) is 27.2 Å². The van der Waals surface area contributed by atoms with E-state index < -0.39 is 46.4 Å². The maximum absolute atomic E-state index is 14.0. The van der Waals surface area contributed by atoms with Gasteiger partial charge in [0.2, 0.25) is 0 Å². The molecule has 0 saturated carbocycles. The number of para-hydroxylation sites is 2. The second-order valence-corrected chi connectivity index (χ2v) is 5.25. The highest BCUT2D eigenvalue weighted by atomic mass is 19.1. The van der Waals surface area contributed by atoms with Crippen molar-refractivity contribution in [3.8, 4) is 5.69 Å². The fourth-order valence-electron chi connectivity index (χ4n) is 2.45. The van der Waals surface area contributed by atoms with Gasteiger partial charge in [0.25, 0.3) is 0 Å². The molecule has 0 aliphatic heterocycles. The maximum Gasteiger partial charge on any atom is 0.377 e. The van der Waals surface area contributed by atoms with Gasteiger partial charge in [0, 0.05) is 6.54 Å². The lowest BCUT2D eigenvalue weighted by molar-refractivity contribution is 0.243. The van der Waals surface area contributed by atoms with Crippen molar-refractivity contribution in [3.63, 3.8) is 0 Å². The first-order valence-electron chi connectivity index (χ1n) is 7.62. The zero-order valence-electron chi connectivity index (χ0n) is 13.7. The van der Waals surface area contributed by atoms with Gasteiger partial charge in [-0.05, 0) is 41.6 Å². The lowest BCUT2D eigenvalue weighted by Gasteiger charge is -2.20. The highest BCUT2D eigenvalue weighted by Crippen LogP contribution is 2.23. The number of hydrogen-bond acceptors (Lipinski definition) is 4. The second kappa shape index (κ2) is 7.02. The minimum Gasteiger partial charge on any atom is -0.287 e. The molecule has 0 spiro atoms. The molecular formula is C16H11F4N5O2. The van der Waals surface area contributed by atoms with Crippen molar-refractivity contribution < 1.29 is 22.4 Å². The number of hydrogen-bond donors (Lipinski definition) is 0. The average Bonchev–Trinajstić information content (AvgIpc) is 2.99. The third-order valence-electron chi connectivity index (χ3n) is 3.67. The summed E-state index contributed by atoms with van der Waals surface area (Å²) in [5.74, 6) is -4.29. The molecule has 3 aromatic rings. The van der Waals surface area contributed by atoms with Crippen molar-refractivity contribution >= 4 is 11.7 Å². The molecule has 1 amide bonds. The molecule has 0 bridgehead atoms. The monoisotopic (exact) mass is 381 g/mol. The molecule has 11 heteroatoms. The Morgan fingerprint density at radius 2 is 1.48 bits per heavy atom. The third-order valence-corrected chi connectivity index (χ3v) is 3.67. The molecule has 0 fully saturated rings. The van der Waals surface area contributed by atoms with E-state index in [4.69, 9.17) is 0 Å².